The summed E-state index contributed by atoms with van der Waals surface area (Å²) >= 11 is 2.76. The van der Waals surface area contributed by atoms with Gasteiger partial charge >= 0.3 is 0 Å². The normalized spacial score (nSPS) is 11.5. The molecular formula is C19H19NO4S3. The molecule has 142 valence electrons. The molecule has 0 aliphatic rings. The minimum atomic E-state index is -3.66. The smallest absolute Gasteiger partial charge is 0.240 e. The number of nitrogens with one attached hydrogen (secondary N) is 1. The van der Waals surface area contributed by atoms with Gasteiger partial charge in [-0.2, -0.15) is 11.3 Å². The summed E-state index contributed by atoms with van der Waals surface area (Å²) in [4.78, 5) is 13.9. The minimum Gasteiger partial charge on any atom is -0.496 e. The molecule has 0 radical (unpaired) electrons. The average Bonchev–Trinajstić information content (AvgIpc) is 3.31. The van der Waals surface area contributed by atoms with Crippen LogP contribution < -0.4 is 9.46 Å². The number of carbonyl (C=O) groups excluding carboxylic acids is 1. The van der Waals surface area contributed by atoms with E-state index < -0.39 is 10.0 Å². The maximum absolute atomic E-state index is 12.6. The van der Waals surface area contributed by atoms with Gasteiger partial charge in [-0.3, -0.25) is 4.79 Å². The Labute approximate surface area is 166 Å². The predicted octanol–water partition coefficient (Wildman–Crippen LogP) is 4.14. The zero-order valence-corrected chi connectivity index (χ0v) is 17.6. The van der Waals surface area contributed by atoms with Crippen molar-refractivity contribution in [2.45, 2.75) is 25.3 Å². The van der Waals surface area contributed by atoms with Crippen LogP contribution >= 0.6 is 22.7 Å². The van der Waals surface area contributed by atoms with Crippen molar-refractivity contribution in [1.82, 2.24) is 4.72 Å². The molecule has 2 heterocycles. The summed E-state index contributed by atoms with van der Waals surface area (Å²) in [6.07, 6.45) is 0. The maximum Gasteiger partial charge on any atom is 0.240 e. The highest BCUT2D eigenvalue weighted by atomic mass is 32.2. The molecule has 0 saturated heterocycles. The molecule has 0 unspecified atom stereocenters. The molecule has 3 rings (SSSR count). The van der Waals surface area contributed by atoms with E-state index in [0.29, 0.717) is 16.2 Å². The van der Waals surface area contributed by atoms with Crippen molar-refractivity contribution in [2.24, 2.45) is 0 Å². The van der Waals surface area contributed by atoms with E-state index in [1.165, 1.54) is 22.7 Å². The summed E-state index contributed by atoms with van der Waals surface area (Å²) in [6.45, 7) is 3.76. The van der Waals surface area contributed by atoms with E-state index in [-0.39, 0.29) is 17.2 Å². The molecule has 0 aliphatic heterocycles. The Morgan fingerprint density at radius 1 is 1.15 bits per heavy atom. The molecule has 0 bridgehead atoms. The summed E-state index contributed by atoms with van der Waals surface area (Å²) in [5, 5.41) is 3.66. The van der Waals surface area contributed by atoms with Crippen molar-refractivity contribution in [2.75, 3.05) is 7.11 Å². The van der Waals surface area contributed by atoms with Gasteiger partial charge in [0.25, 0.3) is 0 Å². The van der Waals surface area contributed by atoms with Gasteiger partial charge in [-0.25, -0.2) is 13.1 Å². The SMILES string of the molecule is COc1c(C)cc(S(=O)(=O)NCc2ccc(C(=O)c3ccsc3)s2)cc1C. The van der Waals surface area contributed by atoms with Crippen LogP contribution in [-0.2, 0) is 16.6 Å². The fraction of sp³-hybridized carbons (Fsp3) is 0.211. The highest BCUT2D eigenvalue weighted by Crippen LogP contribution is 2.27. The molecule has 1 aromatic carbocycles. The van der Waals surface area contributed by atoms with Crippen molar-refractivity contribution in [3.8, 4) is 5.75 Å². The van der Waals surface area contributed by atoms with Gasteiger partial charge in [0.2, 0.25) is 15.8 Å². The van der Waals surface area contributed by atoms with E-state index >= 15 is 0 Å². The molecular weight excluding hydrogens is 402 g/mol. The number of methoxy groups -OCH3 is 1. The molecule has 1 N–H and O–H groups in total. The molecule has 0 saturated carbocycles. The standard InChI is InChI=1S/C19H19NO4S3/c1-12-8-16(9-13(2)19(12)24-3)27(22,23)20-10-15-4-5-17(26-15)18(21)14-6-7-25-11-14/h4-9,11,20H,10H2,1-3H3. The molecule has 8 heteroatoms. The van der Waals surface area contributed by atoms with Gasteiger partial charge in [0, 0.05) is 22.4 Å². The van der Waals surface area contributed by atoms with Gasteiger partial charge in [0.15, 0.2) is 0 Å². The Kier molecular flexibility index (Phi) is 5.81. The Bertz CT molecular complexity index is 1040. The topological polar surface area (TPSA) is 72.5 Å². The molecule has 0 atom stereocenters. The van der Waals surface area contributed by atoms with Crippen LogP contribution in [0.3, 0.4) is 0 Å². The van der Waals surface area contributed by atoms with Crippen LogP contribution in [0.4, 0.5) is 0 Å². The van der Waals surface area contributed by atoms with Crippen LogP contribution in [0.2, 0.25) is 0 Å². The van der Waals surface area contributed by atoms with E-state index in [0.717, 1.165) is 16.0 Å². The number of ether oxygens (including phenoxy) is 1. The predicted molar refractivity (Wildman–Crippen MR) is 109 cm³/mol. The summed E-state index contributed by atoms with van der Waals surface area (Å²) in [6, 6.07) is 8.47. The lowest BCUT2D eigenvalue weighted by Crippen LogP contribution is -2.23. The van der Waals surface area contributed by atoms with Crippen LogP contribution in [0, 0.1) is 13.8 Å². The first kappa shape index (κ1) is 19.8. The fourth-order valence-corrected chi connectivity index (χ4v) is 5.58. The van der Waals surface area contributed by atoms with Gasteiger partial charge in [0.1, 0.15) is 5.75 Å². The summed E-state index contributed by atoms with van der Waals surface area (Å²) in [7, 11) is -2.10. The Morgan fingerprint density at radius 2 is 1.85 bits per heavy atom. The van der Waals surface area contributed by atoms with Gasteiger partial charge in [0.05, 0.1) is 16.9 Å². The monoisotopic (exact) mass is 421 g/mol. The van der Waals surface area contributed by atoms with Crippen molar-refractivity contribution in [3.63, 3.8) is 0 Å². The van der Waals surface area contributed by atoms with Crippen molar-refractivity contribution >= 4 is 38.5 Å². The molecule has 0 fully saturated rings. The number of ketones is 1. The summed E-state index contributed by atoms with van der Waals surface area (Å²) in [5.41, 5.74) is 2.17. The third-order valence-electron chi connectivity index (χ3n) is 4.05. The number of hydrogen-bond acceptors (Lipinski definition) is 6. The largest absolute Gasteiger partial charge is 0.496 e. The van der Waals surface area contributed by atoms with Gasteiger partial charge in [-0.05, 0) is 60.7 Å². The number of carbonyl (C=O) groups is 1. The second kappa shape index (κ2) is 7.93. The summed E-state index contributed by atoms with van der Waals surface area (Å²) < 4.78 is 33.1. The second-order valence-electron chi connectivity index (χ2n) is 6.02. The maximum atomic E-state index is 12.6. The molecule has 2 aromatic heterocycles. The quantitative estimate of drug-likeness (QED) is 0.582. The fourth-order valence-electron chi connectivity index (χ4n) is 2.77. The average molecular weight is 422 g/mol. The van der Waals surface area contributed by atoms with E-state index in [2.05, 4.69) is 4.72 Å². The first-order chi connectivity index (χ1) is 12.8. The minimum absolute atomic E-state index is 0.0447. The zero-order chi connectivity index (χ0) is 19.6. The van der Waals surface area contributed by atoms with Crippen LogP contribution in [0.5, 0.6) is 5.75 Å². The molecule has 3 aromatic rings. The number of aryl methyl sites for hydroxylation is 2. The van der Waals surface area contributed by atoms with E-state index in [9.17, 15) is 13.2 Å². The van der Waals surface area contributed by atoms with Crippen molar-refractivity contribution in [3.05, 3.63) is 67.5 Å². The molecule has 27 heavy (non-hydrogen) atoms. The second-order valence-corrected chi connectivity index (χ2v) is 9.74. The summed E-state index contributed by atoms with van der Waals surface area (Å²) in [5.74, 6) is 0.639. The van der Waals surface area contributed by atoms with E-state index in [1.807, 2.05) is 19.2 Å². The Morgan fingerprint density at radius 3 is 2.44 bits per heavy atom. The van der Waals surface area contributed by atoms with Gasteiger partial charge in [-0.1, -0.05) is 0 Å². The van der Waals surface area contributed by atoms with Gasteiger partial charge < -0.3 is 4.74 Å². The molecule has 0 amide bonds. The highest BCUT2D eigenvalue weighted by molar-refractivity contribution is 7.89. The van der Waals surface area contributed by atoms with Crippen LogP contribution in [0.1, 0.15) is 31.2 Å². The lowest BCUT2D eigenvalue weighted by molar-refractivity contribution is 0.104. The first-order valence-corrected chi connectivity index (χ1v) is 11.4. The number of rotatable bonds is 7. The van der Waals surface area contributed by atoms with Crippen LogP contribution in [0.25, 0.3) is 0 Å². The van der Waals surface area contributed by atoms with Crippen LogP contribution in [0.15, 0.2) is 46.0 Å². The molecule has 0 spiro atoms. The molecule has 0 aliphatic carbocycles. The Balaban J connectivity index is 1.74. The van der Waals surface area contributed by atoms with E-state index in [1.54, 1.807) is 42.8 Å². The lowest BCUT2D eigenvalue weighted by atomic mass is 10.1. The highest BCUT2D eigenvalue weighted by Gasteiger charge is 2.18. The van der Waals surface area contributed by atoms with Crippen LogP contribution in [-0.4, -0.2) is 21.3 Å². The van der Waals surface area contributed by atoms with E-state index in [4.69, 9.17) is 4.74 Å². The number of hydrogen-bond donors (Lipinski definition) is 1. The number of thiophene rings is 2. The third-order valence-corrected chi connectivity index (χ3v) is 7.20. The first-order valence-electron chi connectivity index (χ1n) is 8.12. The third kappa shape index (κ3) is 4.30. The number of benzene rings is 1. The van der Waals surface area contributed by atoms with Gasteiger partial charge in [-0.15, -0.1) is 11.3 Å². The number of sulfonamides is 1. The Hall–Kier alpha value is -2.00. The lowest BCUT2D eigenvalue weighted by Gasteiger charge is -2.12. The van der Waals surface area contributed by atoms with Crippen molar-refractivity contribution < 1.29 is 17.9 Å². The zero-order valence-electron chi connectivity index (χ0n) is 15.1. The molecule has 5 nitrogen and oxygen atoms in total. The van der Waals surface area contributed by atoms with Crippen molar-refractivity contribution in [1.29, 1.82) is 0 Å².